The highest BCUT2D eigenvalue weighted by molar-refractivity contribution is 6.30. The Morgan fingerprint density at radius 1 is 1.26 bits per heavy atom. The number of aryl methyl sites for hydroxylation is 2. The molecule has 0 aliphatic carbocycles. The van der Waals surface area contributed by atoms with Gasteiger partial charge >= 0.3 is 6.03 Å². The predicted octanol–water partition coefficient (Wildman–Crippen LogP) is 5.01. The van der Waals surface area contributed by atoms with Crippen LogP contribution in [0.2, 0.25) is 5.02 Å². The van der Waals surface area contributed by atoms with Gasteiger partial charge in [-0.3, -0.25) is 4.79 Å². The summed E-state index contributed by atoms with van der Waals surface area (Å²) in [7, 11) is 0. The maximum atomic E-state index is 13.1. The largest absolute Gasteiger partial charge is 0.376 e. The van der Waals surface area contributed by atoms with Crippen LogP contribution in [0.15, 0.2) is 47.3 Å². The monoisotopic (exact) mass is 439 g/mol. The Morgan fingerprint density at radius 3 is 2.84 bits per heavy atom. The van der Waals surface area contributed by atoms with E-state index >= 15 is 0 Å². The smallest absolute Gasteiger partial charge is 0.322 e. The van der Waals surface area contributed by atoms with Crippen LogP contribution in [0.3, 0.4) is 0 Å². The van der Waals surface area contributed by atoms with E-state index in [-0.39, 0.29) is 24.2 Å². The number of carbonyl (C=O) groups is 1. The first kappa shape index (κ1) is 21.4. The standard InChI is InChI=1S/C24H26ClN3O3/c1-15-8-9-17-11-18(23(29)27-22(17)16(15)2)13-28(14-21-7-4-10-31-21)24(30)26-20-6-3-5-19(25)12-20/h3,5-6,8-9,11-12,21H,4,7,10,13-14H2,1-2H3,(H,26,30)(H,27,29). The lowest BCUT2D eigenvalue weighted by molar-refractivity contribution is 0.0818. The summed E-state index contributed by atoms with van der Waals surface area (Å²) in [6, 6.07) is 12.6. The van der Waals surface area contributed by atoms with Crippen LogP contribution in [0.25, 0.3) is 10.9 Å². The van der Waals surface area contributed by atoms with Gasteiger partial charge in [-0.1, -0.05) is 29.8 Å². The second-order valence-corrected chi connectivity index (χ2v) is 8.49. The molecule has 1 saturated heterocycles. The molecule has 1 aliphatic rings. The van der Waals surface area contributed by atoms with Crippen LogP contribution in [0, 0.1) is 13.8 Å². The van der Waals surface area contributed by atoms with Gasteiger partial charge in [0, 0.05) is 29.4 Å². The van der Waals surface area contributed by atoms with Crippen LogP contribution < -0.4 is 10.9 Å². The molecule has 2 aromatic carbocycles. The third-order valence-corrected chi connectivity index (χ3v) is 6.04. The lowest BCUT2D eigenvalue weighted by Gasteiger charge is -2.26. The number of H-pyrrole nitrogens is 1. The van der Waals surface area contributed by atoms with Gasteiger partial charge in [0.2, 0.25) is 0 Å². The van der Waals surface area contributed by atoms with E-state index in [0.29, 0.717) is 29.4 Å². The van der Waals surface area contributed by atoms with Crippen LogP contribution in [0.5, 0.6) is 0 Å². The molecular formula is C24H26ClN3O3. The second kappa shape index (κ2) is 9.12. The first-order chi connectivity index (χ1) is 14.9. The number of ether oxygens (including phenoxy) is 1. The van der Waals surface area contributed by atoms with Crippen LogP contribution in [0.1, 0.15) is 29.5 Å². The van der Waals surface area contributed by atoms with Crippen molar-refractivity contribution in [3.8, 4) is 0 Å². The highest BCUT2D eigenvalue weighted by atomic mass is 35.5. The maximum absolute atomic E-state index is 13.1. The highest BCUT2D eigenvalue weighted by Crippen LogP contribution is 2.21. The molecule has 0 radical (unpaired) electrons. The Balaban J connectivity index is 1.62. The van der Waals surface area contributed by atoms with Crippen molar-refractivity contribution in [3.63, 3.8) is 0 Å². The Labute approximate surface area is 186 Å². The van der Waals surface area contributed by atoms with E-state index in [4.69, 9.17) is 16.3 Å². The number of hydrogen-bond donors (Lipinski definition) is 2. The first-order valence-corrected chi connectivity index (χ1v) is 10.8. The molecule has 1 aliphatic heterocycles. The zero-order chi connectivity index (χ0) is 22.0. The number of carbonyl (C=O) groups excluding carboxylic acids is 1. The molecular weight excluding hydrogens is 414 g/mol. The number of hydrogen-bond acceptors (Lipinski definition) is 3. The molecule has 0 saturated carbocycles. The van der Waals surface area contributed by atoms with Crippen molar-refractivity contribution in [2.45, 2.75) is 39.3 Å². The summed E-state index contributed by atoms with van der Waals surface area (Å²) in [6.45, 7) is 5.31. The van der Waals surface area contributed by atoms with Gasteiger partial charge in [-0.2, -0.15) is 0 Å². The minimum Gasteiger partial charge on any atom is -0.376 e. The number of rotatable bonds is 5. The van der Waals surface area contributed by atoms with Crippen LogP contribution in [0.4, 0.5) is 10.5 Å². The Hall–Kier alpha value is -2.83. The number of halogens is 1. The van der Waals surface area contributed by atoms with Crippen molar-refractivity contribution < 1.29 is 9.53 Å². The molecule has 162 valence electrons. The van der Waals surface area contributed by atoms with E-state index in [1.54, 1.807) is 29.2 Å². The lowest BCUT2D eigenvalue weighted by atomic mass is 10.0. The van der Waals surface area contributed by atoms with Gasteiger partial charge < -0.3 is 19.9 Å². The Kier molecular flexibility index (Phi) is 6.30. The minimum absolute atomic E-state index is 0.0328. The van der Waals surface area contributed by atoms with Gasteiger partial charge in [0.1, 0.15) is 0 Å². The van der Waals surface area contributed by atoms with E-state index in [2.05, 4.69) is 10.3 Å². The fraction of sp³-hybridized carbons (Fsp3) is 0.333. The van der Waals surface area contributed by atoms with E-state index in [0.717, 1.165) is 34.9 Å². The molecule has 1 fully saturated rings. The summed E-state index contributed by atoms with van der Waals surface area (Å²) < 4.78 is 5.74. The quantitative estimate of drug-likeness (QED) is 0.586. The van der Waals surface area contributed by atoms with Gasteiger partial charge in [-0.25, -0.2) is 4.79 Å². The fourth-order valence-electron chi connectivity index (χ4n) is 3.92. The zero-order valence-electron chi connectivity index (χ0n) is 17.7. The molecule has 0 bridgehead atoms. The number of anilines is 1. The first-order valence-electron chi connectivity index (χ1n) is 10.5. The van der Waals surface area contributed by atoms with Crippen molar-refractivity contribution in [2.75, 3.05) is 18.5 Å². The number of aromatic nitrogens is 1. The Morgan fingerprint density at radius 2 is 2.10 bits per heavy atom. The van der Waals surface area contributed by atoms with Crippen LogP contribution in [-0.2, 0) is 11.3 Å². The summed E-state index contributed by atoms with van der Waals surface area (Å²) in [6.07, 6.45) is 1.84. The number of benzene rings is 2. The summed E-state index contributed by atoms with van der Waals surface area (Å²) >= 11 is 6.04. The Bertz CT molecular complexity index is 1170. The van der Waals surface area contributed by atoms with E-state index in [1.165, 1.54) is 0 Å². The molecule has 31 heavy (non-hydrogen) atoms. The number of aromatic amines is 1. The average Bonchev–Trinajstić information content (AvgIpc) is 3.25. The molecule has 1 aromatic heterocycles. The molecule has 2 amide bonds. The second-order valence-electron chi connectivity index (χ2n) is 8.05. The van der Waals surface area contributed by atoms with Crippen molar-refractivity contribution in [2.24, 2.45) is 0 Å². The van der Waals surface area contributed by atoms with Crippen molar-refractivity contribution >= 4 is 34.2 Å². The molecule has 3 aromatic rings. The normalized spacial score (nSPS) is 15.9. The molecule has 2 N–H and O–H groups in total. The fourth-order valence-corrected chi connectivity index (χ4v) is 4.11. The number of fused-ring (bicyclic) bond motifs is 1. The third-order valence-electron chi connectivity index (χ3n) is 5.80. The van der Waals surface area contributed by atoms with Gasteiger partial charge in [0.25, 0.3) is 5.56 Å². The van der Waals surface area contributed by atoms with Crippen molar-refractivity contribution in [1.82, 2.24) is 9.88 Å². The van der Waals surface area contributed by atoms with Crippen molar-refractivity contribution in [1.29, 1.82) is 0 Å². The third kappa shape index (κ3) is 4.92. The van der Waals surface area contributed by atoms with E-state index in [9.17, 15) is 9.59 Å². The van der Waals surface area contributed by atoms with Gasteiger partial charge in [0.15, 0.2) is 0 Å². The summed E-state index contributed by atoms with van der Waals surface area (Å²) in [5.41, 5.74) is 3.97. The van der Waals surface area contributed by atoms with Crippen molar-refractivity contribution in [3.05, 3.63) is 74.5 Å². The molecule has 1 unspecified atom stereocenters. The highest BCUT2D eigenvalue weighted by Gasteiger charge is 2.24. The van der Waals surface area contributed by atoms with Gasteiger partial charge in [0.05, 0.1) is 18.2 Å². The topological polar surface area (TPSA) is 74.4 Å². The molecule has 0 spiro atoms. The molecule has 2 heterocycles. The SMILES string of the molecule is Cc1ccc2cc(CN(CC3CCCO3)C(=O)Nc3cccc(Cl)c3)c(=O)[nH]c2c1C. The zero-order valence-corrected chi connectivity index (χ0v) is 18.5. The van der Waals surface area contributed by atoms with Gasteiger partial charge in [-0.15, -0.1) is 0 Å². The molecule has 1 atom stereocenters. The van der Waals surface area contributed by atoms with Crippen LogP contribution in [-0.4, -0.2) is 35.2 Å². The number of pyridine rings is 1. The summed E-state index contributed by atoms with van der Waals surface area (Å²) in [4.78, 5) is 30.6. The number of amides is 2. The number of nitrogens with one attached hydrogen (secondary N) is 2. The molecule has 6 nitrogen and oxygen atoms in total. The summed E-state index contributed by atoms with van der Waals surface area (Å²) in [5.74, 6) is 0. The maximum Gasteiger partial charge on any atom is 0.322 e. The predicted molar refractivity (Wildman–Crippen MR) is 124 cm³/mol. The van der Waals surface area contributed by atoms with E-state index < -0.39 is 0 Å². The van der Waals surface area contributed by atoms with E-state index in [1.807, 2.05) is 32.0 Å². The van der Waals surface area contributed by atoms with Crippen LogP contribution >= 0.6 is 11.6 Å². The number of nitrogens with zero attached hydrogens (tertiary/aromatic N) is 1. The lowest BCUT2D eigenvalue weighted by Crippen LogP contribution is -2.40. The number of urea groups is 1. The molecule has 4 rings (SSSR count). The molecule has 7 heteroatoms. The minimum atomic E-state index is -0.294. The average molecular weight is 440 g/mol. The van der Waals surface area contributed by atoms with Gasteiger partial charge in [-0.05, 0) is 67.5 Å². The summed E-state index contributed by atoms with van der Waals surface area (Å²) in [5, 5.41) is 4.38.